The Kier molecular flexibility index (Phi) is 7.42. The van der Waals surface area contributed by atoms with Crippen LogP contribution < -0.4 is 10.2 Å². The summed E-state index contributed by atoms with van der Waals surface area (Å²) in [4.78, 5) is 46.2. The van der Waals surface area contributed by atoms with Gasteiger partial charge in [0.15, 0.2) is 0 Å². The molecule has 2 aliphatic heterocycles. The Morgan fingerprint density at radius 2 is 1.44 bits per heavy atom. The van der Waals surface area contributed by atoms with E-state index in [4.69, 9.17) is 0 Å². The number of hydrogen-bond donors (Lipinski definition) is 1. The second-order valence-electron chi connectivity index (χ2n) is 10.8. The number of fused-ring (bicyclic) bond motifs is 1. The molecule has 2 fully saturated rings. The van der Waals surface area contributed by atoms with E-state index in [0.717, 1.165) is 28.4 Å². The number of nitrogens with one attached hydrogen (secondary N) is 1. The maximum absolute atomic E-state index is 14.0. The van der Waals surface area contributed by atoms with Crippen molar-refractivity contribution in [3.63, 3.8) is 0 Å². The molecule has 7 nitrogen and oxygen atoms in total. The van der Waals surface area contributed by atoms with E-state index in [1.807, 2.05) is 108 Å². The van der Waals surface area contributed by atoms with Crippen LogP contribution in [0, 0.1) is 0 Å². The van der Waals surface area contributed by atoms with E-state index >= 15 is 0 Å². The van der Waals surface area contributed by atoms with E-state index in [9.17, 15) is 14.4 Å². The van der Waals surface area contributed by atoms with Crippen LogP contribution in [0.15, 0.2) is 103 Å². The molecule has 6 rings (SSSR count). The van der Waals surface area contributed by atoms with Gasteiger partial charge in [0, 0.05) is 30.9 Å². The molecule has 4 aromatic rings. The third-order valence-electron chi connectivity index (χ3n) is 8.39. The summed E-state index contributed by atoms with van der Waals surface area (Å²) in [5.74, 6) is -0.220. The summed E-state index contributed by atoms with van der Waals surface area (Å²) in [5.41, 5.74) is 2.00. The van der Waals surface area contributed by atoms with Gasteiger partial charge in [-0.1, -0.05) is 84.9 Å². The smallest absolute Gasteiger partial charge is 0.254 e. The summed E-state index contributed by atoms with van der Waals surface area (Å²) >= 11 is 0. The SMILES string of the molecule is O=C(CN1CN(c2ccccc2)C2(CCN(C(=O)c3cccc4ccccc34)CC2)C1=O)NCCc1ccccc1. The van der Waals surface area contributed by atoms with Gasteiger partial charge < -0.3 is 20.0 Å². The van der Waals surface area contributed by atoms with Gasteiger partial charge in [0.2, 0.25) is 5.91 Å². The highest BCUT2D eigenvalue weighted by molar-refractivity contribution is 6.07. The predicted octanol–water partition coefficient (Wildman–Crippen LogP) is 4.48. The molecule has 2 aliphatic rings. The first-order chi connectivity index (χ1) is 20.0. The summed E-state index contributed by atoms with van der Waals surface area (Å²) < 4.78 is 0. The van der Waals surface area contributed by atoms with E-state index in [1.54, 1.807) is 4.90 Å². The lowest BCUT2D eigenvalue weighted by atomic mass is 9.85. The van der Waals surface area contributed by atoms with Crippen molar-refractivity contribution in [1.29, 1.82) is 0 Å². The van der Waals surface area contributed by atoms with Gasteiger partial charge in [0.25, 0.3) is 11.8 Å². The number of nitrogens with zero attached hydrogens (tertiary/aromatic N) is 3. The Labute approximate surface area is 240 Å². The lowest BCUT2D eigenvalue weighted by Crippen LogP contribution is -2.57. The first-order valence-corrected chi connectivity index (χ1v) is 14.2. The van der Waals surface area contributed by atoms with Gasteiger partial charge in [-0.05, 0) is 53.8 Å². The molecule has 3 amide bonds. The molecule has 0 aromatic heterocycles. The zero-order valence-corrected chi connectivity index (χ0v) is 23.0. The standard InChI is InChI=1S/C34H34N4O3/c39-31(35-21-18-26-10-3-1-4-11-26)24-37-25-38(28-14-5-2-6-15-28)34(33(37)41)19-22-36(23-20-34)32(40)30-17-9-13-27-12-7-8-16-29(27)30/h1-17H,18-25H2,(H,35,39). The number of carbonyl (C=O) groups excluding carboxylic acids is 3. The first kappa shape index (κ1) is 26.6. The molecule has 2 saturated heterocycles. The lowest BCUT2D eigenvalue weighted by Gasteiger charge is -2.43. The second kappa shape index (κ2) is 11.5. The monoisotopic (exact) mass is 546 g/mol. The van der Waals surface area contributed by atoms with Gasteiger partial charge in [-0.3, -0.25) is 14.4 Å². The first-order valence-electron chi connectivity index (χ1n) is 14.2. The zero-order valence-electron chi connectivity index (χ0n) is 23.0. The topological polar surface area (TPSA) is 73.0 Å². The molecule has 1 spiro atoms. The average molecular weight is 547 g/mol. The van der Waals surface area contributed by atoms with E-state index in [-0.39, 0.29) is 24.3 Å². The number of benzene rings is 4. The summed E-state index contributed by atoms with van der Waals surface area (Å²) in [6.45, 7) is 1.80. The van der Waals surface area contributed by atoms with Crippen LogP contribution in [-0.2, 0) is 16.0 Å². The van der Waals surface area contributed by atoms with E-state index < -0.39 is 5.54 Å². The van der Waals surface area contributed by atoms with Gasteiger partial charge in [-0.15, -0.1) is 0 Å². The number of anilines is 1. The third kappa shape index (κ3) is 5.27. The Morgan fingerprint density at radius 3 is 2.20 bits per heavy atom. The molecule has 4 aromatic carbocycles. The van der Waals surface area contributed by atoms with Gasteiger partial charge in [-0.25, -0.2) is 0 Å². The minimum atomic E-state index is -0.790. The highest BCUT2D eigenvalue weighted by Gasteiger charge is 2.54. The number of rotatable bonds is 7. The molecule has 7 heteroatoms. The van der Waals surface area contributed by atoms with Crippen LogP contribution in [0.25, 0.3) is 10.8 Å². The molecular formula is C34H34N4O3. The van der Waals surface area contributed by atoms with Crippen molar-refractivity contribution in [2.24, 2.45) is 0 Å². The molecule has 0 unspecified atom stereocenters. The Morgan fingerprint density at radius 1 is 0.780 bits per heavy atom. The van der Waals surface area contributed by atoms with Crippen LogP contribution in [0.5, 0.6) is 0 Å². The van der Waals surface area contributed by atoms with Crippen LogP contribution >= 0.6 is 0 Å². The van der Waals surface area contributed by atoms with Crippen molar-refractivity contribution < 1.29 is 14.4 Å². The Hall–Kier alpha value is -4.65. The molecule has 2 heterocycles. The molecule has 208 valence electrons. The zero-order chi connectivity index (χ0) is 28.2. The third-order valence-corrected chi connectivity index (χ3v) is 8.39. The van der Waals surface area contributed by atoms with Crippen LogP contribution in [0.4, 0.5) is 5.69 Å². The van der Waals surface area contributed by atoms with E-state index in [0.29, 0.717) is 44.7 Å². The van der Waals surface area contributed by atoms with Gasteiger partial charge in [0.05, 0.1) is 6.67 Å². The van der Waals surface area contributed by atoms with Crippen molar-refractivity contribution in [2.75, 3.05) is 37.7 Å². The maximum atomic E-state index is 14.0. The van der Waals surface area contributed by atoms with Gasteiger partial charge in [0.1, 0.15) is 12.1 Å². The van der Waals surface area contributed by atoms with Crippen molar-refractivity contribution in [3.05, 3.63) is 114 Å². The Balaban J connectivity index is 1.16. The van der Waals surface area contributed by atoms with E-state index in [1.165, 1.54) is 0 Å². The van der Waals surface area contributed by atoms with Crippen molar-refractivity contribution >= 4 is 34.2 Å². The molecule has 0 bridgehead atoms. The normalized spacial score (nSPS) is 16.4. The summed E-state index contributed by atoms with van der Waals surface area (Å²) in [7, 11) is 0. The number of para-hydroxylation sites is 1. The lowest BCUT2D eigenvalue weighted by molar-refractivity contribution is -0.137. The van der Waals surface area contributed by atoms with Gasteiger partial charge >= 0.3 is 0 Å². The second-order valence-corrected chi connectivity index (χ2v) is 10.8. The minimum absolute atomic E-state index is 0.0111. The molecular weight excluding hydrogens is 512 g/mol. The molecule has 1 N–H and O–H groups in total. The average Bonchev–Trinajstić information content (AvgIpc) is 3.28. The molecule has 0 atom stereocenters. The maximum Gasteiger partial charge on any atom is 0.254 e. The van der Waals surface area contributed by atoms with Crippen molar-refractivity contribution in [3.8, 4) is 0 Å². The van der Waals surface area contributed by atoms with Crippen molar-refractivity contribution in [2.45, 2.75) is 24.8 Å². The number of likely N-dealkylation sites (tertiary alicyclic amines) is 1. The number of hydrogen-bond acceptors (Lipinski definition) is 4. The molecule has 0 saturated carbocycles. The fourth-order valence-electron chi connectivity index (χ4n) is 6.20. The van der Waals surface area contributed by atoms with E-state index in [2.05, 4.69) is 10.2 Å². The summed E-state index contributed by atoms with van der Waals surface area (Å²) in [5, 5.41) is 4.95. The molecule has 0 aliphatic carbocycles. The largest absolute Gasteiger partial charge is 0.354 e. The minimum Gasteiger partial charge on any atom is -0.354 e. The fraction of sp³-hybridized carbons (Fsp3) is 0.265. The van der Waals surface area contributed by atoms with Crippen LogP contribution in [0.3, 0.4) is 0 Å². The summed E-state index contributed by atoms with van der Waals surface area (Å²) in [6, 6.07) is 33.6. The van der Waals surface area contributed by atoms with Crippen LogP contribution in [-0.4, -0.2) is 65.9 Å². The predicted molar refractivity (Wildman–Crippen MR) is 160 cm³/mol. The van der Waals surface area contributed by atoms with Crippen molar-refractivity contribution in [1.82, 2.24) is 15.1 Å². The number of carbonyl (C=O) groups is 3. The highest BCUT2D eigenvalue weighted by Crippen LogP contribution is 2.39. The Bertz CT molecular complexity index is 1540. The number of amides is 3. The molecule has 0 radical (unpaired) electrons. The number of piperidine rings is 1. The molecule has 41 heavy (non-hydrogen) atoms. The fourth-order valence-corrected chi connectivity index (χ4v) is 6.20. The van der Waals surface area contributed by atoms with Gasteiger partial charge in [-0.2, -0.15) is 0 Å². The van der Waals surface area contributed by atoms with Crippen LogP contribution in [0.1, 0.15) is 28.8 Å². The quantitative estimate of drug-likeness (QED) is 0.371. The summed E-state index contributed by atoms with van der Waals surface area (Å²) in [6.07, 6.45) is 1.74. The van der Waals surface area contributed by atoms with Crippen LogP contribution in [0.2, 0.25) is 0 Å². The highest BCUT2D eigenvalue weighted by atomic mass is 16.2.